The molecule has 5 nitrogen and oxygen atoms in total. The molecule has 0 atom stereocenters. The van der Waals surface area contributed by atoms with E-state index >= 15 is 0 Å². The minimum absolute atomic E-state index is 0.0717. The van der Waals surface area contributed by atoms with Crippen LogP contribution in [-0.4, -0.2) is 16.1 Å². The molecule has 106 valence electrons. The number of aromatic nitrogens is 2. The van der Waals surface area contributed by atoms with E-state index < -0.39 is 0 Å². The molecule has 0 aliphatic heterocycles. The molecular formula is C13H13BrFN3O2. The molecule has 0 amide bonds. The number of rotatable bonds is 4. The third-order valence-electron chi connectivity index (χ3n) is 2.26. The topological polar surface area (TPSA) is 70.3 Å². The van der Waals surface area contributed by atoms with E-state index in [-0.39, 0.29) is 29.4 Å². The van der Waals surface area contributed by atoms with Crippen molar-refractivity contribution in [3.05, 3.63) is 34.8 Å². The minimum atomic E-state index is -0.372. The summed E-state index contributed by atoms with van der Waals surface area (Å²) in [7, 11) is 0. The fourth-order valence-electron chi connectivity index (χ4n) is 1.42. The van der Waals surface area contributed by atoms with Crippen LogP contribution in [-0.2, 0) is 0 Å². The highest BCUT2D eigenvalue weighted by molar-refractivity contribution is 9.10. The van der Waals surface area contributed by atoms with Crippen LogP contribution in [0.5, 0.6) is 17.5 Å². The van der Waals surface area contributed by atoms with E-state index in [0.29, 0.717) is 10.2 Å². The van der Waals surface area contributed by atoms with Crippen LogP contribution >= 0.6 is 15.9 Å². The molecule has 0 aliphatic rings. The van der Waals surface area contributed by atoms with Crippen LogP contribution < -0.4 is 15.2 Å². The summed E-state index contributed by atoms with van der Waals surface area (Å²) in [5, 5.41) is 0. The highest BCUT2D eigenvalue weighted by Gasteiger charge is 2.14. The number of benzene rings is 1. The smallest absolute Gasteiger partial charge is 0.249 e. The van der Waals surface area contributed by atoms with Crippen molar-refractivity contribution in [2.75, 3.05) is 5.73 Å². The molecular weight excluding hydrogens is 329 g/mol. The van der Waals surface area contributed by atoms with E-state index in [1.165, 1.54) is 24.5 Å². The highest BCUT2D eigenvalue weighted by Crippen LogP contribution is 2.34. The predicted octanol–water partition coefficient (Wildman–Crippen LogP) is 3.54. The van der Waals surface area contributed by atoms with Gasteiger partial charge in [0, 0.05) is 0 Å². The lowest BCUT2D eigenvalue weighted by Crippen LogP contribution is -2.10. The molecule has 0 aliphatic carbocycles. The molecule has 0 spiro atoms. The molecule has 0 fully saturated rings. The molecule has 0 saturated carbocycles. The van der Waals surface area contributed by atoms with Crippen molar-refractivity contribution in [1.82, 2.24) is 9.97 Å². The average Bonchev–Trinajstić information content (AvgIpc) is 2.36. The standard InChI is InChI=1S/C13H13BrFN3O2/c1-7(2)19-12-11(16)13(18-6-17-12)20-10-4-3-8(15)5-9(10)14/h3-7H,16H2,1-2H3. The average molecular weight is 342 g/mol. The summed E-state index contributed by atoms with van der Waals surface area (Å²) < 4.78 is 24.5. The van der Waals surface area contributed by atoms with Crippen LogP contribution in [0.1, 0.15) is 13.8 Å². The zero-order valence-corrected chi connectivity index (χ0v) is 12.5. The third kappa shape index (κ3) is 3.36. The Kier molecular flexibility index (Phi) is 4.39. The number of ether oxygens (including phenoxy) is 2. The van der Waals surface area contributed by atoms with Crippen LogP contribution in [0.25, 0.3) is 0 Å². The fraction of sp³-hybridized carbons (Fsp3) is 0.231. The van der Waals surface area contributed by atoms with Gasteiger partial charge >= 0.3 is 0 Å². The van der Waals surface area contributed by atoms with Gasteiger partial charge in [-0.3, -0.25) is 0 Å². The summed E-state index contributed by atoms with van der Waals surface area (Å²) in [5.74, 6) is 0.433. The maximum Gasteiger partial charge on any atom is 0.249 e. The number of hydrogen-bond acceptors (Lipinski definition) is 5. The summed E-state index contributed by atoms with van der Waals surface area (Å²) in [6, 6.07) is 4.05. The molecule has 1 aromatic heterocycles. The minimum Gasteiger partial charge on any atom is -0.473 e. The first-order valence-corrected chi connectivity index (χ1v) is 6.66. The number of nitrogens with zero attached hydrogens (tertiary/aromatic N) is 2. The Morgan fingerprint density at radius 1 is 1.25 bits per heavy atom. The van der Waals surface area contributed by atoms with Gasteiger partial charge in [0.1, 0.15) is 17.9 Å². The van der Waals surface area contributed by atoms with Gasteiger partial charge in [-0.2, -0.15) is 9.97 Å². The molecule has 0 unspecified atom stereocenters. The van der Waals surface area contributed by atoms with Crippen molar-refractivity contribution in [3.63, 3.8) is 0 Å². The van der Waals surface area contributed by atoms with Gasteiger partial charge in [-0.25, -0.2) is 4.39 Å². The second-order valence-electron chi connectivity index (χ2n) is 4.24. The van der Waals surface area contributed by atoms with Gasteiger partial charge in [0.2, 0.25) is 11.8 Å². The number of nitrogen functional groups attached to an aromatic ring is 1. The van der Waals surface area contributed by atoms with E-state index in [9.17, 15) is 4.39 Å². The second-order valence-corrected chi connectivity index (χ2v) is 5.10. The van der Waals surface area contributed by atoms with Crippen molar-refractivity contribution in [1.29, 1.82) is 0 Å². The molecule has 20 heavy (non-hydrogen) atoms. The monoisotopic (exact) mass is 341 g/mol. The van der Waals surface area contributed by atoms with E-state index in [4.69, 9.17) is 15.2 Å². The molecule has 0 radical (unpaired) electrons. The van der Waals surface area contributed by atoms with E-state index in [1.807, 2.05) is 13.8 Å². The molecule has 0 bridgehead atoms. The number of anilines is 1. The highest BCUT2D eigenvalue weighted by atomic mass is 79.9. The lowest BCUT2D eigenvalue weighted by atomic mass is 10.3. The van der Waals surface area contributed by atoms with E-state index in [0.717, 1.165) is 0 Å². The maximum absolute atomic E-state index is 13.0. The Hall–Kier alpha value is -1.89. The zero-order chi connectivity index (χ0) is 14.7. The van der Waals surface area contributed by atoms with Crippen molar-refractivity contribution < 1.29 is 13.9 Å². The lowest BCUT2D eigenvalue weighted by molar-refractivity contribution is 0.232. The van der Waals surface area contributed by atoms with Crippen molar-refractivity contribution in [2.45, 2.75) is 20.0 Å². The summed E-state index contributed by atoms with van der Waals surface area (Å²) in [6.07, 6.45) is 1.22. The summed E-state index contributed by atoms with van der Waals surface area (Å²) in [5.41, 5.74) is 6.09. The second kappa shape index (κ2) is 6.04. The molecule has 1 heterocycles. The Morgan fingerprint density at radius 3 is 2.60 bits per heavy atom. The first-order chi connectivity index (χ1) is 9.47. The Balaban J connectivity index is 2.29. The quantitative estimate of drug-likeness (QED) is 0.920. The van der Waals surface area contributed by atoms with Gasteiger partial charge in [0.25, 0.3) is 0 Å². The van der Waals surface area contributed by atoms with Crippen molar-refractivity contribution in [3.8, 4) is 17.5 Å². The predicted molar refractivity (Wildman–Crippen MR) is 76.4 cm³/mol. The van der Waals surface area contributed by atoms with Crippen LogP contribution in [0.3, 0.4) is 0 Å². The van der Waals surface area contributed by atoms with E-state index in [2.05, 4.69) is 25.9 Å². The number of nitrogens with two attached hydrogens (primary N) is 1. The first kappa shape index (κ1) is 14.5. The zero-order valence-electron chi connectivity index (χ0n) is 10.9. The Bertz CT molecular complexity index is 623. The number of halogens is 2. The lowest BCUT2D eigenvalue weighted by Gasteiger charge is -2.13. The summed E-state index contributed by atoms with van der Waals surface area (Å²) in [6.45, 7) is 3.72. The van der Waals surface area contributed by atoms with Crippen LogP contribution in [0.4, 0.5) is 10.1 Å². The molecule has 7 heteroatoms. The largest absolute Gasteiger partial charge is 0.473 e. The summed E-state index contributed by atoms with van der Waals surface area (Å²) >= 11 is 3.21. The van der Waals surface area contributed by atoms with Gasteiger partial charge in [-0.15, -0.1) is 0 Å². The van der Waals surface area contributed by atoms with Gasteiger partial charge in [0.05, 0.1) is 10.6 Å². The van der Waals surface area contributed by atoms with Crippen LogP contribution in [0.15, 0.2) is 29.0 Å². The van der Waals surface area contributed by atoms with Gasteiger partial charge < -0.3 is 15.2 Å². The molecule has 1 aromatic carbocycles. The fourth-order valence-corrected chi connectivity index (χ4v) is 1.86. The van der Waals surface area contributed by atoms with Gasteiger partial charge in [0.15, 0.2) is 5.69 Å². The van der Waals surface area contributed by atoms with Gasteiger partial charge in [-0.05, 0) is 48.0 Å². The first-order valence-electron chi connectivity index (χ1n) is 5.87. The normalized spacial score (nSPS) is 10.7. The Labute approximate surface area is 124 Å². The molecule has 2 N–H and O–H groups in total. The van der Waals surface area contributed by atoms with Crippen LogP contribution in [0.2, 0.25) is 0 Å². The van der Waals surface area contributed by atoms with Gasteiger partial charge in [-0.1, -0.05) is 0 Å². The SMILES string of the molecule is CC(C)Oc1ncnc(Oc2ccc(F)cc2Br)c1N. The van der Waals surface area contributed by atoms with Crippen LogP contribution in [0, 0.1) is 5.82 Å². The van der Waals surface area contributed by atoms with Crippen molar-refractivity contribution >= 4 is 21.6 Å². The Morgan fingerprint density at radius 2 is 1.95 bits per heavy atom. The maximum atomic E-state index is 13.0. The number of hydrogen-bond donors (Lipinski definition) is 1. The van der Waals surface area contributed by atoms with Crippen molar-refractivity contribution in [2.24, 2.45) is 0 Å². The molecule has 2 aromatic rings. The molecule has 2 rings (SSSR count). The third-order valence-corrected chi connectivity index (χ3v) is 2.88. The summed E-state index contributed by atoms with van der Waals surface area (Å²) in [4.78, 5) is 7.90. The molecule has 0 saturated heterocycles. The van der Waals surface area contributed by atoms with E-state index in [1.54, 1.807) is 0 Å².